The van der Waals surface area contributed by atoms with E-state index >= 15 is 0 Å². The molecular weight excluding hydrogens is 399 g/mol. The predicted molar refractivity (Wildman–Crippen MR) is 113 cm³/mol. The summed E-state index contributed by atoms with van der Waals surface area (Å²) in [5.74, 6) is -0.500. The highest BCUT2D eigenvalue weighted by Crippen LogP contribution is 2.39. The molecule has 1 atom stereocenters. The fraction of sp³-hybridized carbons (Fsp3) is 0.522. The van der Waals surface area contributed by atoms with Crippen LogP contribution in [-0.4, -0.2) is 59.8 Å². The number of carbonyl (C=O) groups is 2. The topological polar surface area (TPSA) is 76.5 Å². The summed E-state index contributed by atoms with van der Waals surface area (Å²) < 4.78 is 22.1. The molecule has 2 fully saturated rings. The zero-order chi connectivity index (χ0) is 21.8. The molecule has 1 aromatic heterocycles. The fourth-order valence-corrected chi connectivity index (χ4v) is 4.82. The Morgan fingerprint density at radius 1 is 1.19 bits per heavy atom. The van der Waals surface area contributed by atoms with E-state index in [0.717, 1.165) is 19.3 Å². The molecule has 2 amide bonds. The van der Waals surface area contributed by atoms with Crippen molar-refractivity contribution in [2.24, 2.45) is 0 Å². The van der Waals surface area contributed by atoms with Crippen LogP contribution in [-0.2, 0) is 14.9 Å². The number of nitrogens with one attached hydrogen (secondary N) is 1. The average molecular weight is 429 g/mol. The summed E-state index contributed by atoms with van der Waals surface area (Å²) in [6.07, 6.45) is 6.75. The van der Waals surface area contributed by atoms with Gasteiger partial charge >= 0.3 is 0 Å². The first-order valence-corrected chi connectivity index (χ1v) is 10.9. The molecule has 2 aliphatic rings. The standard InChI is InChI=1S/C23H29FN4O3/c1-25-21(29)17-15-26-28(16-17)18-5-4-11-27(12-8-18)22(30)23(9-13-31-14-10-23)19-6-2-3-7-20(19)24/h2-3,6-7,15-16,18H,4-5,8-14H2,1H3,(H,25,29)/t18-/m0/s1. The predicted octanol–water partition coefficient (Wildman–Crippen LogP) is 2.68. The molecule has 2 aliphatic heterocycles. The van der Waals surface area contributed by atoms with Crippen molar-refractivity contribution in [3.05, 3.63) is 53.6 Å². The van der Waals surface area contributed by atoms with E-state index in [9.17, 15) is 14.0 Å². The van der Waals surface area contributed by atoms with Gasteiger partial charge in [-0.3, -0.25) is 14.3 Å². The number of nitrogens with zero attached hydrogens (tertiary/aromatic N) is 3. The van der Waals surface area contributed by atoms with Gasteiger partial charge in [-0.25, -0.2) is 4.39 Å². The second-order valence-corrected chi connectivity index (χ2v) is 8.34. The minimum atomic E-state index is -0.873. The van der Waals surface area contributed by atoms with Crippen LogP contribution in [0.1, 0.15) is 54.1 Å². The lowest BCUT2D eigenvalue weighted by atomic mass is 9.72. The molecule has 7 nitrogen and oxygen atoms in total. The lowest BCUT2D eigenvalue weighted by Gasteiger charge is -2.40. The van der Waals surface area contributed by atoms with E-state index in [4.69, 9.17) is 4.74 Å². The first kappa shape index (κ1) is 21.5. The monoisotopic (exact) mass is 428 g/mol. The number of likely N-dealkylation sites (tertiary alicyclic amines) is 1. The maximum absolute atomic E-state index is 14.8. The molecule has 0 spiro atoms. The van der Waals surface area contributed by atoms with Gasteiger partial charge < -0.3 is 15.0 Å². The number of halogens is 1. The summed E-state index contributed by atoms with van der Waals surface area (Å²) in [5.41, 5.74) is 0.133. The molecule has 1 N–H and O–H groups in total. The molecule has 0 bridgehead atoms. The van der Waals surface area contributed by atoms with Crippen LogP contribution in [0, 0.1) is 5.82 Å². The van der Waals surface area contributed by atoms with Gasteiger partial charge in [-0.1, -0.05) is 18.2 Å². The van der Waals surface area contributed by atoms with Gasteiger partial charge in [0.2, 0.25) is 5.91 Å². The van der Waals surface area contributed by atoms with Crippen LogP contribution in [0.3, 0.4) is 0 Å². The largest absolute Gasteiger partial charge is 0.381 e. The van der Waals surface area contributed by atoms with Crippen LogP contribution in [0.15, 0.2) is 36.7 Å². The maximum Gasteiger partial charge on any atom is 0.254 e. The summed E-state index contributed by atoms with van der Waals surface area (Å²) >= 11 is 0. The van der Waals surface area contributed by atoms with E-state index in [0.29, 0.717) is 50.3 Å². The zero-order valence-corrected chi connectivity index (χ0v) is 17.8. The molecule has 2 saturated heterocycles. The van der Waals surface area contributed by atoms with Gasteiger partial charge in [0.25, 0.3) is 5.91 Å². The van der Waals surface area contributed by atoms with Crippen molar-refractivity contribution in [2.45, 2.75) is 43.6 Å². The van der Waals surface area contributed by atoms with Gasteiger partial charge in [-0.15, -0.1) is 0 Å². The Kier molecular flexibility index (Phi) is 6.36. The van der Waals surface area contributed by atoms with E-state index in [-0.39, 0.29) is 23.7 Å². The number of amides is 2. The third kappa shape index (κ3) is 4.21. The highest BCUT2D eigenvalue weighted by molar-refractivity contribution is 5.93. The lowest BCUT2D eigenvalue weighted by Crippen LogP contribution is -2.50. The molecule has 0 radical (unpaired) electrons. The van der Waals surface area contributed by atoms with Crippen molar-refractivity contribution >= 4 is 11.8 Å². The van der Waals surface area contributed by atoms with Crippen LogP contribution in [0.4, 0.5) is 4.39 Å². The van der Waals surface area contributed by atoms with Gasteiger partial charge in [0.1, 0.15) is 5.82 Å². The van der Waals surface area contributed by atoms with Crippen LogP contribution < -0.4 is 5.32 Å². The SMILES string of the molecule is CNC(=O)c1cnn([C@H]2CCCN(C(=O)C3(c4ccccc4F)CCOCC3)CC2)c1. The fourth-order valence-electron chi connectivity index (χ4n) is 4.82. The quantitative estimate of drug-likeness (QED) is 0.812. The number of rotatable bonds is 4. The summed E-state index contributed by atoms with van der Waals surface area (Å²) in [6, 6.07) is 6.74. The molecule has 3 heterocycles. The van der Waals surface area contributed by atoms with Crippen LogP contribution >= 0.6 is 0 Å². The van der Waals surface area contributed by atoms with Gasteiger partial charge in [0, 0.05) is 45.1 Å². The Labute approximate surface area is 181 Å². The Morgan fingerprint density at radius 2 is 1.97 bits per heavy atom. The average Bonchev–Trinajstić information content (AvgIpc) is 3.17. The van der Waals surface area contributed by atoms with Crippen LogP contribution in [0.25, 0.3) is 0 Å². The molecular formula is C23H29FN4O3. The number of carbonyl (C=O) groups excluding carboxylic acids is 2. The van der Waals surface area contributed by atoms with Crippen molar-refractivity contribution in [3.63, 3.8) is 0 Å². The normalized spacial score (nSPS) is 21.4. The number of benzene rings is 1. The lowest BCUT2D eigenvalue weighted by molar-refractivity contribution is -0.141. The van der Waals surface area contributed by atoms with E-state index in [2.05, 4.69) is 10.4 Å². The third-order valence-corrected chi connectivity index (χ3v) is 6.59. The number of aromatic nitrogens is 2. The van der Waals surface area contributed by atoms with Crippen molar-refractivity contribution in [1.82, 2.24) is 20.0 Å². The second-order valence-electron chi connectivity index (χ2n) is 8.34. The maximum atomic E-state index is 14.8. The highest BCUT2D eigenvalue weighted by atomic mass is 19.1. The zero-order valence-electron chi connectivity index (χ0n) is 17.8. The first-order valence-electron chi connectivity index (χ1n) is 10.9. The Hall–Kier alpha value is -2.74. The number of hydrogen-bond acceptors (Lipinski definition) is 4. The molecule has 4 rings (SSSR count). The van der Waals surface area contributed by atoms with E-state index in [1.54, 1.807) is 37.6 Å². The number of ether oxygens (including phenoxy) is 1. The molecule has 0 unspecified atom stereocenters. The Balaban J connectivity index is 1.52. The minimum absolute atomic E-state index is 0.00642. The van der Waals surface area contributed by atoms with Crippen molar-refractivity contribution < 1.29 is 18.7 Å². The summed E-state index contributed by atoms with van der Waals surface area (Å²) in [7, 11) is 1.59. The van der Waals surface area contributed by atoms with E-state index in [1.807, 2.05) is 9.58 Å². The first-order chi connectivity index (χ1) is 15.0. The number of hydrogen-bond donors (Lipinski definition) is 1. The summed E-state index contributed by atoms with van der Waals surface area (Å²) in [6.45, 7) is 2.11. The molecule has 0 aliphatic carbocycles. The molecule has 8 heteroatoms. The van der Waals surface area contributed by atoms with E-state index in [1.165, 1.54) is 6.07 Å². The van der Waals surface area contributed by atoms with Gasteiger partial charge in [0.15, 0.2) is 0 Å². The molecule has 0 saturated carbocycles. The molecule has 1 aromatic carbocycles. The van der Waals surface area contributed by atoms with Gasteiger partial charge in [0.05, 0.1) is 23.2 Å². The minimum Gasteiger partial charge on any atom is -0.381 e. The van der Waals surface area contributed by atoms with Gasteiger partial charge in [-0.2, -0.15) is 5.10 Å². The van der Waals surface area contributed by atoms with Crippen molar-refractivity contribution in [1.29, 1.82) is 0 Å². The summed E-state index contributed by atoms with van der Waals surface area (Å²) in [5, 5.41) is 6.98. The smallest absolute Gasteiger partial charge is 0.254 e. The Bertz CT molecular complexity index is 938. The van der Waals surface area contributed by atoms with E-state index < -0.39 is 5.41 Å². The summed E-state index contributed by atoms with van der Waals surface area (Å²) in [4.78, 5) is 27.5. The Morgan fingerprint density at radius 3 is 2.71 bits per heavy atom. The van der Waals surface area contributed by atoms with Crippen LogP contribution in [0.5, 0.6) is 0 Å². The van der Waals surface area contributed by atoms with Crippen molar-refractivity contribution in [3.8, 4) is 0 Å². The second kappa shape index (κ2) is 9.18. The van der Waals surface area contributed by atoms with Gasteiger partial charge in [-0.05, 0) is 38.2 Å². The molecule has 166 valence electrons. The van der Waals surface area contributed by atoms with Crippen LogP contribution in [0.2, 0.25) is 0 Å². The third-order valence-electron chi connectivity index (χ3n) is 6.59. The molecule has 31 heavy (non-hydrogen) atoms. The highest BCUT2D eigenvalue weighted by Gasteiger charge is 2.45. The molecule has 2 aromatic rings. The van der Waals surface area contributed by atoms with Crippen molar-refractivity contribution in [2.75, 3.05) is 33.4 Å².